The first kappa shape index (κ1) is 13.3. The van der Waals surface area contributed by atoms with Crippen LogP contribution < -0.4 is 5.32 Å². The lowest BCUT2D eigenvalue weighted by atomic mass is 10.1. The minimum Gasteiger partial charge on any atom is -0.378 e. The molecular weight excluding hydrogens is 212 g/mol. The van der Waals surface area contributed by atoms with Crippen molar-refractivity contribution in [1.29, 1.82) is 0 Å². The highest BCUT2D eigenvalue weighted by molar-refractivity contribution is 4.67. The van der Waals surface area contributed by atoms with Crippen LogP contribution in [-0.2, 0) is 4.74 Å². The van der Waals surface area contributed by atoms with Gasteiger partial charge in [-0.05, 0) is 77.7 Å². The van der Waals surface area contributed by atoms with Crippen molar-refractivity contribution in [2.45, 2.75) is 51.0 Å². The van der Waals surface area contributed by atoms with Crippen LogP contribution in [0.2, 0.25) is 0 Å². The van der Waals surface area contributed by atoms with Gasteiger partial charge >= 0.3 is 0 Å². The molecule has 2 saturated heterocycles. The highest BCUT2D eigenvalue weighted by Gasteiger charge is 2.14. The fourth-order valence-electron chi connectivity index (χ4n) is 2.89. The number of nitrogens with zero attached hydrogens (tertiary/aromatic N) is 1. The highest BCUT2D eigenvalue weighted by atomic mass is 16.5. The van der Waals surface area contributed by atoms with Crippen molar-refractivity contribution in [1.82, 2.24) is 10.2 Å². The van der Waals surface area contributed by atoms with Crippen molar-refractivity contribution in [3.8, 4) is 0 Å². The van der Waals surface area contributed by atoms with E-state index in [1.165, 1.54) is 77.7 Å². The molecular formula is C14H28N2O. The van der Waals surface area contributed by atoms with E-state index in [4.69, 9.17) is 4.74 Å². The van der Waals surface area contributed by atoms with Crippen molar-refractivity contribution in [2.24, 2.45) is 0 Å². The summed E-state index contributed by atoms with van der Waals surface area (Å²) < 4.78 is 5.61. The Morgan fingerprint density at radius 3 is 2.65 bits per heavy atom. The van der Waals surface area contributed by atoms with Crippen LogP contribution in [0, 0.1) is 0 Å². The number of nitrogens with one attached hydrogen (secondary N) is 1. The molecule has 0 saturated carbocycles. The van der Waals surface area contributed by atoms with E-state index in [0.29, 0.717) is 6.10 Å². The smallest absolute Gasteiger partial charge is 0.0576 e. The van der Waals surface area contributed by atoms with Gasteiger partial charge in [0.1, 0.15) is 0 Å². The van der Waals surface area contributed by atoms with Crippen LogP contribution in [0.4, 0.5) is 0 Å². The quantitative estimate of drug-likeness (QED) is 0.657. The summed E-state index contributed by atoms with van der Waals surface area (Å²) in [6.07, 6.45) is 9.78. The van der Waals surface area contributed by atoms with Gasteiger partial charge in [0.2, 0.25) is 0 Å². The number of rotatable bonds is 8. The second-order valence-corrected chi connectivity index (χ2v) is 5.43. The van der Waals surface area contributed by atoms with Crippen LogP contribution in [0.15, 0.2) is 0 Å². The van der Waals surface area contributed by atoms with Crippen LogP contribution in [0.1, 0.15) is 44.9 Å². The fraction of sp³-hybridized carbons (Fsp3) is 1.00. The van der Waals surface area contributed by atoms with E-state index >= 15 is 0 Å². The zero-order valence-corrected chi connectivity index (χ0v) is 11.1. The first-order valence-corrected chi connectivity index (χ1v) is 7.50. The zero-order chi connectivity index (χ0) is 11.8. The van der Waals surface area contributed by atoms with Crippen molar-refractivity contribution >= 4 is 0 Å². The second-order valence-electron chi connectivity index (χ2n) is 5.43. The zero-order valence-electron chi connectivity index (χ0n) is 11.1. The first-order valence-electron chi connectivity index (χ1n) is 7.50. The van der Waals surface area contributed by atoms with Crippen molar-refractivity contribution < 1.29 is 4.74 Å². The molecule has 1 atom stereocenters. The summed E-state index contributed by atoms with van der Waals surface area (Å²) in [5, 5.41) is 3.55. The lowest BCUT2D eigenvalue weighted by Gasteiger charge is -2.14. The molecule has 0 aromatic carbocycles. The van der Waals surface area contributed by atoms with Gasteiger partial charge in [-0.3, -0.25) is 0 Å². The van der Waals surface area contributed by atoms with E-state index in [1.54, 1.807) is 0 Å². The summed E-state index contributed by atoms with van der Waals surface area (Å²) >= 11 is 0. The summed E-state index contributed by atoms with van der Waals surface area (Å²) in [7, 11) is 0. The Morgan fingerprint density at radius 1 is 1.06 bits per heavy atom. The molecule has 0 aromatic rings. The van der Waals surface area contributed by atoms with E-state index < -0.39 is 0 Å². The first-order chi connectivity index (χ1) is 8.45. The minimum absolute atomic E-state index is 0.571. The van der Waals surface area contributed by atoms with Gasteiger partial charge in [0.25, 0.3) is 0 Å². The third kappa shape index (κ3) is 5.36. The highest BCUT2D eigenvalue weighted by Crippen LogP contribution is 2.16. The molecule has 0 bridgehead atoms. The Balaban J connectivity index is 1.33. The molecule has 2 rings (SSSR count). The van der Waals surface area contributed by atoms with E-state index in [0.717, 1.165) is 6.61 Å². The molecule has 0 aromatic heterocycles. The molecule has 17 heavy (non-hydrogen) atoms. The molecule has 3 nitrogen and oxygen atoms in total. The van der Waals surface area contributed by atoms with Gasteiger partial charge in [-0.25, -0.2) is 0 Å². The summed E-state index contributed by atoms with van der Waals surface area (Å²) in [6.45, 7) is 7.30. The normalized spacial score (nSPS) is 25.8. The van der Waals surface area contributed by atoms with Crippen molar-refractivity contribution in [3.05, 3.63) is 0 Å². The standard InChI is InChI=1S/C14H28N2O/c1-2-11-16(10-1)12-5-9-15-8-3-6-14-7-4-13-17-14/h14-15H,1-13H2. The number of hydrogen-bond acceptors (Lipinski definition) is 3. The van der Waals surface area contributed by atoms with E-state index in [2.05, 4.69) is 10.2 Å². The summed E-state index contributed by atoms with van der Waals surface area (Å²) in [5.41, 5.74) is 0. The Kier molecular flexibility index (Phi) is 6.32. The molecule has 2 aliphatic rings. The Bertz CT molecular complexity index is 167. The molecule has 0 amide bonds. The largest absolute Gasteiger partial charge is 0.378 e. The van der Waals surface area contributed by atoms with Gasteiger partial charge in [-0.15, -0.1) is 0 Å². The van der Waals surface area contributed by atoms with Gasteiger partial charge in [0.05, 0.1) is 6.10 Å². The maximum Gasteiger partial charge on any atom is 0.0576 e. The third-order valence-electron chi connectivity index (χ3n) is 3.93. The van der Waals surface area contributed by atoms with Crippen molar-refractivity contribution in [3.63, 3.8) is 0 Å². The number of likely N-dealkylation sites (tertiary alicyclic amines) is 1. The summed E-state index contributed by atoms with van der Waals surface area (Å²) in [6, 6.07) is 0. The van der Waals surface area contributed by atoms with Crippen LogP contribution in [0.3, 0.4) is 0 Å². The van der Waals surface area contributed by atoms with Crippen LogP contribution in [0.25, 0.3) is 0 Å². The lowest BCUT2D eigenvalue weighted by molar-refractivity contribution is 0.102. The number of hydrogen-bond donors (Lipinski definition) is 1. The predicted octanol–water partition coefficient (Wildman–Crippen LogP) is 2.02. The van der Waals surface area contributed by atoms with Gasteiger partial charge < -0.3 is 15.0 Å². The van der Waals surface area contributed by atoms with E-state index in [1.807, 2.05) is 0 Å². The van der Waals surface area contributed by atoms with Crippen molar-refractivity contribution in [2.75, 3.05) is 39.3 Å². The average Bonchev–Trinajstić information content (AvgIpc) is 3.00. The Labute approximate surface area is 106 Å². The molecule has 0 spiro atoms. The Hall–Kier alpha value is -0.120. The molecule has 1 N–H and O–H groups in total. The molecule has 2 heterocycles. The summed E-state index contributed by atoms with van der Waals surface area (Å²) in [5.74, 6) is 0. The van der Waals surface area contributed by atoms with Crippen LogP contribution in [0.5, 0.6) is 0 Å². The lowest BCUT2D eigenvalue weighted by Crippen LogP contribution is -2.25. The number of ether oxygens (including phenoxy) is 1. The van der Waals surface area contributed by atoms with E-state index in [-0.39, 0.29) is 0 Å². The van der Waals surface area contributed by atoms with Gasteiger partial charge in [0.15, 0.2) is 0 Å². The maximum atomic E-state index is 5.61. The SMILES string of the molecule is C(CNCCCN1CCCC1)CC1CCCO1. The molecule has 100 valence electrons. The topological polar surface area (TPSA) is 24.5 Å². The van der Waals surface area contributed by atoms with Crippen LogP contribution >= 0.6 is 0 Å². The predicted molar refractivity (Wildman–Crippen MR) is 71.4 cm³/mol. The molecule has 1 unspecified atom stereocenters. The Morgan fingerprint density at radius 2 is 1.88 bits per heavy atom. The third-order valence-corrected chi connectivity index (χ3v) is 3.93. The maximum absolute atomic E-state index is 5.61. The van der Waals surface area contributed by atoms with Crippen LogP contribution in [-0.4, -0.2) is 50.3 Å². The van der Waals surface area contributed by atoms with Gasteiger partial charge in [-0.1, -0.05) is 0 Å². The molecule has 2 aliphatic heterocycles. The second kappa shape index (κ2) is 8.06. The molecule has 0 radical (unpaired) electrons. The molecule has 0 aliphatic carbocycles. The van der Waals surface area contributed by atoms with Gasteiger partial charge in [-0.2, -0.15) is 0 Å². The average molecular weight is 240 g/mol. The molecule has 3 heteroatoms. The van der Waals surface area contributed by atoms with E-state index in [9.17, 15) is 0 Å². The summed E-state index contributed by atoms with van der Waals surface area (Å²) in [4.78, 5) is 2.59. The minimum atomic E-state index is 0.571. The monoisotopic (exact) mass is 240 g/mol. The fourth-order valence-corrected chi connectivity index (χ4v) is 2.89. The molecule has 2 fully saturated rings. The van der Waals surface area contributed by atoms with Gasteiger partial charge in [0, 0.05) is 6.61 Å².